The predicted octanol–water partition coefficient (Wildman–Crippen LogP) is 5.32. The molecule has 0 aliphatic rings. The van der Waals surface area contributed by atoms with Crippen LogP contribution in [0.25, 0.3) is 0 Å². The molecule has 0 saturated heterocycles. The van der Waals surface area contributed by atoms with Crippen LogP contribution in [0.2, 0.25) is 0 Å². The maximum atomic E-state index is 13.9. The van der Waals surface area contributed by atoms with Gasteiger partial charge in [0.15, 0.2) is 0 Å². The molecule has 0 heterocycles. The second-order valence-electron chi connectivity index (χ2n) is 10.7. The van der Waals surface area contributed by atoms with Crippen LogP contribution in [0, 0.1) is 20.8 Å². The van der Waals surface area contributed by atoms with Gasteiger partial charge in [0.1, 0.15) is 6.04 Å². The zero-order valence-electron chi connectivity index (χ0n) is 24.9. The van der Waals surface area contributed by atoms with Gasteiger partial charge < -0.3 is 10.2 Å². The zero-order chi connectivity index (χ0) is 30.0. The second-order valence-corrected chi connectivity index (χ2v) is 12.6. The van der Waals surface area contributed by atoms with E-state index in [0.717, 1.165) is 34.2 Å². The molecule has 220 valence electrons. The van der Waals surface area contributed by atoms with Gasteiger partial charge in [-0.25, -0.2) is 8.42 Å². The molecule has 1 atom stereocenters. The molecule has 0 aromatic heterocycles. The van der Waals surface area contributed by atoms with Crippen molar-refractivity contribution in [2.75, 3.05) is 23.7 Å². The summed E-state index contributed by atoms with van der Waals surface area (Å²) < 4.78 is 26.7. The number of hydrogen-bond donors (Lipinski definition) is 1. The number of anilines is 1. The molecular formula is C33H43N3O4S. The quantitative estimate of drug-likeness (QED) is 0.281. The number of benzene rings is 3. The molecular weight excluding hydrogens is 534 g/mol. The summed E-state index contributed by atoms with van der Waals surface area (Å²) >= 11 is 0. The van der Waals surface area contributed by atoms with E-state index < -0.39 is 16.1 Å². The molecule has 2 amide bonds. The largest absolute Gasteiger partial charge is 0.354 e. The Morgan fingerprint density at radius 3 is 2.22 bits per heavy atom. The molecule has 41 heavy (non-hydrogen) atoms. The number of amides is 2. The smallest absolute Gasteiger partial charge is 0.243 e. The van der Waals surface area contributed by atoms with Crippen molar-refractivity contribution in [3.63, 3.8) is 0 Å². The number of carbonyl (C=O) groups excluding carboxylic acids is 2. The molecule has 1 N–H and O–H groups in total. The van der Waals surface area contributed by atoms with Crippen molar-refractivity contribution < 1.29 is 18.0 Å². The monoisotopic (exact) mass is 577 g/mol. The summed E-state index contributed by atoms with van der Waals surface area (Å²) in [4.78, 5) is 29.0. The van der Waals surface area contributed by atoms with Gasteiger partial charge in [0.05, 0.1) is 11.9 Å². The summed E-state index contributed by atoms with van der Waals surface area (Å²) in [5, 5.41) is 2.99. The van der Waals surface area contributed by atoms with Crippen LogP contribution in [0.1, 0.15) is 54.0 Å². The van der Waals surface area contributed by atoms with Crippen molar-refractivity contribution in [2.24, 2.45) is 0 Å². The molecule has 0 radical (unpaired) electrons. The highest BCUT2D eigenvalue weighted by Crippen LogP contribution is 2.23. The number of hydrogen-bond acceptors (Lipinski definition) is 4. The number of carbonyl (C=O) groups is 2. The van der Waals surface area contributed by atoms with E-state index in [1.54, 1.807) is 11.0 Å². The number of sulfonamides is 1. The summed E-state index contributed by atoms with van der Waals surface area (Å²) in [7, 11) is -3.56. The Labute approximate surface area is 245 Å². The Bertz CT molecular complexity index is 1420. The average Bonchev–Trinajstić information content (AvgIpc) is 2.93. The lowest BCUT2D eigenvalue weighted by atomic mass is 10.0. The molecule has 3 aromatic rings. The molecule has 0 fully saturated rings. The SMILES string of the molecule is CCCNC(=O)[C@@H](Cc1ccccc1)N(Cc1cccc(C)c1)C(=O)CCCN(c1ccc(C)c(C)c1)S(C)(=O)=O. The Morgan fingerprint density at radius 1 is 0.878 bits per heavy atom. The number of rotatable bonds is 14. The van der Waals surface area contributed by atoms with Crippen LogP contribution in [-0.4, -0.2) is 50.5 Å². The van der Waals surface area contributed by atoms with Gasteiger partial charge in [0.2, 0.25) is 21.8 Å². The van der Waals surface area contributed by atoms with Crippen LogP contribution in [0.15, 0.2) is 72.8 Å². The number of aryl methyl sites for hydroxylation is 3. The Hall–Kier alpha value is -3.65. The number of nitrogens with one attached hydrogen (secondary N) is 1. The third kappa shape index (κ3) is 9.46. The van der Waals surface area contributed by atoms with Gasteiger partial charge in [0, 0.05) is 32.5 Å². The van der Waals surface area contributed by atoms with E-state index in [4.69, 9.17) is 0 Å². The van der Waals surface area contributed by atoms with E-state index in [-0.39, 0.29) is 31.3 Å². The fourth-order valence-corrected chi connectivity index (χ4v) is 5.77. The second kappa shape index (κ2) is 14.8. The van der Waals surface area contributed by atoms with E-state index in [9.17, 15) is 18.0 Å². The van der Waals surface area contributed by atoms with Crippen molar-refractivity contribution in [1.82, 2.24) is 10.2 Å². The van der Waals surface area contributed by atoms with Crippen LogP contribution in [-0.2, 0) is 32.6 Å². The fourth-order valence-electron chi connectivity index (χ4n) is 4.81. The van der Waals surface area contributed by atoms with Crippen LogP contribution in [0.4, 0.5) is 5.69 Å². The Morgan fingerprint density at radius 2 is 1.59 bits per heavy atom. The number of nitrogens with zero attached hydrogens (tertiary/aromatic N) is 2. The lowest BCUT2D eigenvalue weighted by Gasteiger charge is -2.32. The first-order valence-electron chi connectivity index (χ1n) is 14.2. The molecule has 0 spiro atoms. The maximum absolute atomic E-state index is 13.9. The van der Waals surface area contributed by atoms with Crippen molar-refractivity contribution in [3.8, 4) is 0 Å². The van der Waals surface area contributed by atoms with Crippen LogP contribution in [0.5, 0.6) is 0 Å². The minimum Gasteiger partial charge on any atom is -0.354 e. The van der Waals surface area contributed by atoms with Crippen molar-refractivity contribution >= 4 is 27.5 Å². The summed E-state index contributed by atoms with van der Waals surface area (Å²) in [6.07, 6.45) is 2.77. The Kier molecular flexibility index (Phi) is 11.5. The normalized spacial score (nSPS) is 12.0. The van der Waals surface area contributed by atoms with Crippen molar-refractivity contribution in [2.45, 2.75) is 66.0 Å². The molecule has 0 aliphatic carbocycles. The average molecular weight is 578 g/mol. The van der Waals surface area contributed by atoms with E-state index in [0.29, 0.717) is 25.1 Å². The van der Waals surface area contributed by atoms with E-state index in [1.807, 2.05) is 94.4 Å². The standard InChI is InChI=1S/C33H43N3O4S/c1-6-19-34-33(38)31(23-28-13-8-7-9-14-28)35(24-29-15-10-12-25(2)21-29)32(37)16-11-20-36(41(5,39)40)30-18-17-26(3)27(4)22-30/h7-10,12-15,17-18,21-22,31H,6,11,16,19-20,23-24H2,1-5H3,(H,34,38)/t31-/m1/s1. The van der Waals surface area contributed by atoms with Crippen LogP contribution >= 0.6 is 0 Å². The highest BCUT2D eigenvalue weighted by Gasteiger charge is 2.30. The summed E-state index contributed by atoms with van der Waals surface area (Å²) in [5.41, 5.74) is 5.63. The summed E-state index contributed by atoms with van der Waals surface area (Å²) in [6, 6.07) is 22.5. The minimum absolute atomic E-state index is 0.106. The molecule has 0 aliphatic heterocycles. The van der Waals surface area contributed by atoms with Gasteiger partial charge in [-0.1, -0.05) is 73.2 Å². The molecule has 3 aromatic carbocycles. The fraction of sp³-hybridized carbons (Fsp3) is 0.394. The third-order valence-electron chi connectivity index (χ3n) is 7.19. The first-order valence-corrected chi connectivity index (χ1v) is 16.1. The van der Waals surface area contributed by atoms with Gasteiger partial charge in [-0.3, -0.25) is 13.9 Å². The lowest BCUT2D eigenvalue weighted by Crippen LogP contribution is -2.50. The van der Waals surface area contributed by atoms with Crippen LogP contribution < -0.4 is 9.62 Å². The van der Waals surface area contributed by atoms with Gasteiger partial charge >= 0.3 is 0 Å². The first kappa shape index (κ1) is 31.9. The van der Waals surface area contributed by atoms with Gasteiger partial charge in [-0.15, -0.1) is 0 Å². The van der Waals surface area contributed by atoms with E-state index in [1.165, 1.54) is 10.6 Å². The molecule has 7 nitrogen and oxygen atoms in total. The van der Waals surface area contributed by atoms with Crippen molar-refractivity contribution in [1.29, 1.82) is 0 Å². The lowest BCUT2D eigenvalue weighted by molar-refractivity contribution is -0.141. The minimum atomic E-state index is -3.56. The van der Waals surface area contributed by atoms with Gasteiger partial charge in [0.25, 0.3) is 0 Å². The van der Waals surface area contributed by atoms with E-state index in [2.05, 4.69) is 5.32 Å². The maximum Gasteiger partial charge on any atom is 0.243 e. The molecule has 8 heteroatoms. The van der Waals surface area contributed by atoms with Gasteiger partial charge in [-0.05, 0) is 68.0 Å². The third-order valence-corrected chi connectivity index (χ3v) is 8.38. The van der Waals surface area contributed by atoms with Crippen molar-refractivity contribution in [3.05, 3.63) is 101 Å². The van der Waals surface area contributed by atoms with Crippen LogP contribution in [0.3, 0.4) is 0 Å². The molecule has 0 saturated carbocycles. The summed E-state index contributed by atoms with van der Waals surface area (Å²) in [5.74, 6) is -0.378. The zero-order valence-corrected chi connectivity index (χ0v) is 25.7. The van der Waals surface area contributed by atoms with E-state index >= 15 is 0 Å². The molecule has 0 bridgehead atoms. The van der Waals surface area contributed by atoms with Gasteiger partial charge in [-0.2, -0.15) is 0 Å². The highest BCUT2D eigenvalue weighted by atomic mass is 32.2. The Balaban J connectivity index is 1.88. The summed E-state index contributed by atoms with van der Waals surface area (Å²) in [6.45, 7) is 8.89. The predicted molar refractivity (Wildman–Crippen MR) is 166 cm³/mol. The first-order chi connectivity index (χ1) is 19.5. The topological polar surface area (TPSA) is 86.8 Å². The highest BCUT2D eigenvalue weighted by molar-refractivity contribution is 7.92. The molecule has 3 rings (SSSR count). The molecule has 0 unspecified atom stereocenters.